The normalized spacial score (nSPS) is 9.50. The number of allylic oxidation sites excluding steroid dienone is 1. The summed E-state index contributed by atoms with van der Waals surface area (Å²) in [6, 6.07) is 5.61. The highest BCUT2D eigenvalue weighted by Crippen LogP contribution is 2.24. The molecular formula is C15H15BrN4O6. The molecule has 138 valence electrons. The van der Waals surface area contributed by atoms with Gasteiger partial charge in [0.2, 0.25) is 0 Å². The summed E-state index contributed by atoms with van der Waals surface area (Å²) in [6.07, 6.45) is 2.07. The Hall–Kier alpha value is -3.08. The Morgan fingerprint density at radius 2 is 1.54 bits per heavy atom. The Bertz CT molecular complexity index is 815. The summed E-state index contributed by atoms with van der Waals surface area (Å²) in [4.78, 5) is 27.0. The number of ether oxygens (including phenoxy) is 2. The molecule has 2 heterocycles. The van der Waals surface area contributed by atoms with Crippen molar-refractivity contribution >= 4 is 27.6 Å². The summed E-state index contributed by atoms with van der Waals surface area (Å²) in [5.74, 6) is 0.626. The van der Waals surface area contributed by atoms with Crippen LogP contribution in [0.2, 0.25) is 0 Å². The average molecular weight is 427 g/mol. The van der Waals surface area contributed by atoms with Gasteiger partial charge in [0.25, 0.3) is 4.60 Å². The van der Waals surface area contributed by atoms with Gasteiger partial charge in [-0.15, -0.1) is 6.58 Å². The minimum atomic E-state index is -0.565. The number of aromatic nitrogens is 2. The summed E-state index contributed by atoms with van der Waals surface area (Å²) in [5, 5.41) is 20.7. The second kappa shape index (κ2) is 10.0. The van der Waals surface area contributed by atoms with Crippen LogP contribution in [0.15, 0.2) is 41.5 Å². The maximum atomic E-state index is 10.4. The van der Waals surface area contributed by atoms with Crippen molar-refractivity contribution < 1.29 is 19.3 Å². The van der Waals surface area contributed by atoms with Crippen LogP contribution in [0.3, 0.4) is 0 Å². The van der Waals surface area contributed by atoms with Crippen LogP contribution in [-0.4, -0.2) is 34.0 Å². The predicted molar refractivity (Wildman–Crippen MR) is 96.5 cm³/mol. The third-order valence-electron chi connectivity index (χ3n) is 2.87. The van der Waals surface area contributed by atoms with Crippen molar-refractivity contribution in [3.8, 4) is 11.5 Å². The number of hydrogen-bond donors (Lipinski definition) is 0. The lowest BCUT2D eigenvalue weighted by molar-refractivity contribution is -0.389. The van der Waals surface area contributed by atoms with E-state index in [9.17, 15) is 20.2 Å². The number of pyridine rings is 2. The monoisotopic (exact) mass is 426 g/mol. The molecule has 2 rings (SSSR count). The van der Waals surface area contributed by atoms with Crippen LogP contribution in [0, 0.1) is 20.2 Å². The van der Waals surface area contributed by atoms with E-state index >= 15 is 0 Å². The van der Waals surface area contributed by atoms with Gasteiger partial charge in [-0.25, -0.2) is 0 Å². The third-order valence-corrected chi connectivity index (χ3v) is 3.44. The number of hydrogen-bond acceptors (Lipinski definition) is 8. The first-order chi connectivity index (χ1) is 12.3. The van der Waals surface area contributed by atoms with Gasteiger partial charge in [0.1, 0.15) is 0 Å². The van der Waals surface area contributed by atoms with Gasteiger partial charge in [-0.2, -0.15) is 0 Å². The van der Waals surface area contributed by atoms with Crippen LogP contribution in [0.5, 0.6) is 11.5 Å². The maximum absolute atomic E-state index is 10.4. The molecule has 0 aliphatic carbocycles. The van der Waals surface area contributed by atoms with Gasteiger partial charge in [-0.3, -0.25) is 0 Å². The summed E-state index contributed by atoms with van der Waals surface area (Å²) in [7, 11) is 2.96. The third kappa shape index (κ3) is 5.77. The van der Waals surface area contributed by atoms with Gasteiger partial charge < -0.3 is 29.7 Å². The van der Waals surface area contributed by atoms with E-state index in [1.165, 1.54) is 38.5 Å². The van der Waals surface area contributed by atoms with Crippen LogP contribution < -0.4 is 9.47 Å². The molecule has 0 radical (unpaired) electrons. The van der Waals surface area contributed by atoms with Crippen molar-refractivity contribution in [1.29, 1.82) is 0 Å². The zero-order valence-corrected chi connectivity index (χ0v) is 15.5. The van der Waals surface area contributed by atoms with Crippen molar-refractivity contribution in [1.82, 2.24) is 9.97 Å². The molecule has 0 unspecified atom stereocenters. The van der Waals surface area contributed by atoms with Crippen molar-refractivity contribution in [2.75, 3.05) is 14.2 Å². The SMILES string of the molecule is C=CCc1nc([N+](=O)[O-])ccc1OC.COc1ccc([N+](=O)[O-])nc1Br. The molecule has 0 aromatic carbocycles. The van der Waals surface area contributed by atoms with Gasteiger partial charge in [-0.1, -0.05) is 6.08 Å². The Kier molecular flexibility index (Phi) is 8.09. The molecule has 2 aromatic rings. The van der Waals surface area contributed by atoms with Crippen molar-refractivity contribution in [2.24, 2.45) is 0 Å². The van der Waals surface area contributed by atoms with Gasteiger partial charge in [0.15, 0.2) is 17.2 Å². The lowest BCUT2D eigenvalue weighted by Gasteiger charge is -2.01. The van der Waals surface area contributed by atoms with Crippen LogP contribution in [0.1, 0.15) is 5.69 Å². The van der Waals surface area contributed by atoms with E-state index in [2.05, 4.69) is 32.5 Å². The Labute approximate surface area is 156 Å². The smallest absolute Gasteiger partial charge is 0.364 e. The highest BCUT2D eigenvalue weighted by molar-refractivity contribution is 9.10. The lowest BCUT2D eigenvalue weighted by Crippen LogP contribution is -1.98. The van der Waals surface area contributed by atoms with E-state index in [0.29, 0.717) is 28.2 Å². The Balaban J connectivity index is 0.000000263. The van der Waals surface area contributed by atoms with E-state index in [-0.39, 0.29) is 11.6 Å². The van der Waals surface area contributed by atoms with Crippen molar-refractivity contribution in [3.63, 3.8) is 0 Å². The van der Waals surface area contributed by atoms with Gasteiger partial charge in [-0.05, 0) is 31.9 Å². The van der Waals surface area contributed by atoms with Crippen LogP contribution in [-0.2, 0) is 6.42 Å². The summed E-state index contributed by atoms with van der Waals surface area (Å²) in [5.41, 5.74) is 0.525. The fraction of sp³-hybridized carbons (Fsp3) is 0.200. The minimum Gasteiger partial charge on any atom is -0.492 e. The molecule has 11 heteroatoms. The molecule has 0 bridgehead atoms. The highest BCUT2D eigenvalue weighted by atomic mass is 79.9. The van der Waals surface area contributed by atoms with E-state index in [0.717, 1.165) is 0 Å². The largest absolute Gasteiger partial charge is 0.492 e. The molecule has 0 spiro atoms. The molecule has 0 N–H and O–H groups in total. The number of nitrogens with zero attached hydrogens (tertiary/aromatic N) is 4. The predicted octanol–water partition coefficient (Wildman–Crippen LogP) is 3.49. The fourth-order valence-corrected chi connectivity index (χ4v) is 2.19. The number of methoxy groups -OCH3 is 2. The topological polar surface area (TPSA) is 131 Å². The molecule has 0 aliphatic rings. The fourth-order valence-electron chi connectivity index (χ4n) is 1.71. The van der Waals surface area contributed by atoms with Crippen molar-refractivity contribution in [3.05, 3.63) is 67.4 Å². The molecule has 26 heavy (non-hydrogen) atoms. The second-order valence-electron chi connectivity index (χ2n) is 4.49. The van der Waals surface area contributed by atoms with Crippen LogP contribution in [0.4, 0.5) is 11.6 Å². The standard InChI is InChI=1S/C9H10N2O3.C6H5BrN2O3/c1-3-4-7-8(14-2)5-6-9(10-7)11(12)13;1-12-4-2-3-5(9(10)11)8-6(4)7/h3,5-6H,1,4H2,2H3;2-3H,1H3. The van der Waals surface area contributed by atoms with Gasteiger partial charge >= 0.3 is 11.6 Å². The first kappa shape index (κ1) is 21.0. The molecule has 0 amide bonds. The molecule has 0 saturated heterocycles. The molecule has 2 aromatic heterocycles. The zero-order chi connectivity index (χ0) is 19.7. The van der Waals surface area contributed by atoms with Gasteiger partial charge in [0.05, 0.1) is 14.2 Å². The number of nitro groups is 2. The Morgan fingerprint density at radius 1 is 1.04 bits per heavy atom. The molecule has 0 aliphatic heterocycles. The zero-order valence-electron chi connectivity index (χ0n) is 13.9. The van der Waals surface area contributed by atoms with Crippen LogP contribution >= 0.6 is 15.9 Å². The average Bonchev–Trinajstić information content (AvgIpc) is 2.62. The highest BCUT2D eigenvalue weighted by Gasteiger charge is 2.14. The molecule has 10 nitrogen and oxygen atoms in total. The minimum absolute atomic E-state index is 0.178. The first-order valence-electron chi connectivity index (χ1n) is 6.98. The molecular weight excluding hydrogens is 412 g/mol. The summed E-state index contributed by atoms with van der Waals surface area (Å²) >= 11 is 3.04. The summed E-state index contributed by atoms with van der Waals surface area (Å²) in [6.45, 7) is 3.54. The van der Waals surface area contributed by atoms with E-state index in [1.807, 2.05) is 0 Å². The quantitative estimate of drug-likeness (QED) is 0.296. The maximum Gasteiger partial charge on any atom is 0.364 e. The number of rotatable bonds is 6. The van der Waals surface area contributed by atoms with E-state index in [4.69, 9.17) is 9.47 Å². The van der Waals surface area contributed by atoms with E-state index in [1.54, 1.807) is 6.08 Å². The molecule has 0 atom stereocenters. The number of halogens is 1. The Morgan fingerprint density at radius 3 is 1.96 bits per heavy atom. The second-order valence-corrected chi connectivity index (χ2v) is 5.24. The van der Waals surface area contributed by atoms with Crippen LogP contribution in [0.25, 0.3) is 0 Å². The summed E-state index contributed by atoms with van der Waals surface area (Å²) < 4.78 is 10.2. The van der Waals surface area contributed by atoms with E-state index < -0.39 is 9.85 Å². The van der Waals surface area contributed by atoms with Crippen molar-refractivity contribution in [2.45, 2.75) is 6.42 Å². The van der Waals surface area contributed by atoms with Gasteiger partial charge in [0, 0.05) is 34.5 Å². The lowest BCUT2D eigenvalue weighted by atomic mass is 10.2. The molecule has 0 fully saturated rings. The molecule has 0 saturated carbocycles. The first-order valence-corrected chi connectivity index (χ1v) is 7.77.